The predicted molar refractivity (Wildman–Crippen MR) is 80.6 cm³/mol. The van der Waals surface area contributed by atoms with Gasteiger partial charge in [0.2, 0.25) is 17.7 Å². The molecule has 1 heterocycles. The van der Waals surface area contributed by atoms with Crippen molar-refractivity contribution < 1.29 is 14.4 Å². The SMILES string of the molecule is CC(=O)N1CCN(C(=O)CCN(C(C)=O)C(C)(C)C)CC1. The van der Waals surface area contributed by atoms with Crippen molar-refractivity contribution in [2.75, 3.05) is 32.7 Å². The highest BCUT2D eigenvalue weighted by atomic mass is 16.2. The van der Waals surface area contributed by atoms with E-state index in [1.54, 1.807) is 21.6 Å². The van der Waals surface area contributed by atoms with E-state index in [1.807, 2.05) is 20.8 Å². The van der Waals surface area contributed by atoms with Crippen LogP contribution in [0.1, 0.15) is 41.0 Å². The molecule has 0 spiro atoms. The van der Waals surface area contributed by atoms with Crippen LogP contribution in [0.15, 0.2) is 0 Å². The fourth-order valence-electron chi connectivity index (χ4n) is 2.60. The van der Waals surface area contributed by atoms with E-state index in [1.165, 1.54) is 6.92 Å². The molecule has 0 atom stereocenters. The lowest BCUT2D eigenvalue weighted by Crippen LogP contribution is -2.51. The molecule has 0 N–H and O–H groups in total. The van der Waals surface area contributed by atoms with Gasteiger partial charge in [-0.1, -0.05) is 0 Å². The molecule has 0 aliphatic carbocycles. The topological polar surface area (TPSA) is 60.9 Å². The van der Waals surface area contributed by atoms with Gasteiger partial charge in [0.25, 0.3) is 0 Å². The first-order valence-corrected chi connectivity index (χ1v) is 7.44. The third kappa shape index (κ3) is 5.02. The zero-order valence-electron chi connectivity index (χ0n) is 13.8. The first-order chi connectivity index (χ1) is 9.62. The van der Waals surface area contributed by atoms with E-state index in [2.05, 4.69) is 0 Å². The van der Waals surface area contributed by atoms with Crippen LogP contribution < -0.4 is 0 Å². The molecule has 3 amide bonds. The number of carbonyl (C=O) groups excluding carboxylic acids is 3. The molecule has 120 valence electrons. The van der Waals surface area contributed by atoms with Crippen molar-refractivity contribution in [1.82, 2.24) is 14.7 Å². The Hall–Kier alpha value is -1.59. The molecule has 1 aliphatic heterocycles. The van der Waals surface area contributed by atoms with E-state index >= 15 is 0 Å². The average molecular weight is 297 g/mol. The number of carbonyl (C=O) groups is 3. The van der Waals surface area contributed by atoms with Crippen LogP contribution in [0.5, 0.6) is 0 Å². The van der Waals surface area contributed by atoms with E-state index in [0.717, 1.165) is 0 Å². The molecular formula is C15H27N3O3. The molecular weight excluding hydrogens is 270 g/mol. The minimum absolute atomic E-state index is 0.0169. The van der Waals surface area contributed by atoms with Gasteiger partial charge >= 0.3 is 0 Å². The first-order valence-electron chi connectivity index (χ1n) is 7.44. The standard InChI is InChI=1S/C15H27N3O3/c1-12(19)16-8-10-17(11-9-16)14(21)6-7-18(13(2)20)15(3,4)5/h6-11H2,1-5H3. The van der Waals surface area contributed by atoms with E-state index in [-0.39, 0.29) is 23.3 Å². The number of hydrogen-bond acceptors (Lipinski definition) is 3. The molecule has 0 aromatic heterocycles. The monoisotopic (exact) mass is 297 g/mol. The lowest BCUT2D eigenvalue weighted by atomic mass is 10.1. The van der Waals surface area contributed by atoms with Gasteiger partial charge in [-0.3, -0.25) is 14.4 Å². The van der Waals surface area contributed by atoms with Crippen LogP contribution in [0.3, 0.4) is 0 Å². The zero-order chi connectivity index (χ0) is 16.2. The fraction of sp³-hybridized carbons (Fsp3) is 0.800. The number of amides is 3. The molecule has 1 rings (SSSR count). The van der Waals surface area contributed by atoms with Gasteiger partial charge in [-0.05, 0) is 20.8 Å². The highest BCUT2D eigenvalue weighted by Gasteiger charge is 2.26. The Labute approximate surface area is 127 Å². The Kier molecular flexibility index (Phi) is 5.75. The molecule has 0 aromatic carbocycles. The first kappa shape index (κ1) is 17.5. The van der Waals surface area contributed by atoms with Crippen molar-refractivity contribution in [3.63, 3.8) is 0 Å². The van der Waals surface area contributed by atoms with Crippen LogP contribution in [0, 0.1) is 0 Å². The van der Waals surface area contributed by atoms with Crippen LogP contribution in [-0.4, -0.2) is 70.7 Å². The van der Waals surface area contributed by atoms with Crippen molar-refractivity contribution in [3.8, 4) is 0 Å². The molecule has 0 aromatic rings. The van der Waals surface area contributed by atoms with Gasteiger partial charge in [0.1, 0.15) is 0 Å². The van der Waals surface area contributed by atoms with Crippen molar-refractivity contribution in [2.45, 2.75) is 46.6 Å². The highest BCUT2D eigenvalue weighted by molar-refractivity contribution is 5.79. The number of piperazine rings is 1. The van der Waals surface area contributed by atoms with E-state index in [4.69, 9.17) is 0 Å². The molecule has 6 nitrogen and oxygen atoms in total. The Balaban J connectivity index is 2.47. The van der Waals surface area contributed by atoms with Gasteiger partial charge in [-0.15, -0.1) is 0 Å². The summed E-state index contributed by atoms with van der Waals surface area (Å²) in [5, 5.41) is 0. The van der Waals surface area contributed by atoms with Gasteiger partial charge in [0.15, 0.2) is 0 Å². The van der Waals surface area contributed by atoms with Crippen molar-refractivity contribution in [1.29, 1.82) is 0 Å². The summed E-state index contributed by atoms with van der Waals surface area (Å²) in [5.41, 5.74) is -0.278. The number of rotatable bonds is 3. The summed E-state index contributed by atoms with van der Waals surface area (Å²) in [6, 6.07) is 0. The summed E-state index contributed by atoms with van der Waals surface area (Å²) in [5.74, 6) is 0.0861. The number of hydrogen-bond donors (Lipinski definition) is 0. The Bertz CT molecular complexity index is 407. The van der Waals surface area contributed by atoms with Gasteiger partial charge in [0.05, 0.1) is 0 Å². The average Bonchev–Trinajstić information content (AvgIpc) is 2.36. The molecule has 1 aliphatic rings. The van der Waals surface area contributed by atoms with Crippen LogP contribution >= 0.6 is 0 Å². The lowest BCUT2D eigenvalue weighted by Gasteiger charge is -2.37. The molecule has 0 radical (unpaired) electrons. The molecule has 1 fully saturated rings. The molecule has 0 unspecified atom stereocenters. The zero-order valence-corrected chi connectivity index (χ0v) is 13.8. The lowest BCUT2D eigenvalue weighted by molar-refractivity contribution is -0.140. The van der Waals surface area contributed by atoms with E-state index in [9.17, 15) is 14.4 Å². The number of nitrogens with zero attached hydrogens (tertiary/aromatic N) is 3. The Morgan fingerprint density at radius 1 is 0.952 bits per heavy atom. The van der Waals surface area contributed by atoms with Gasteiger partial charge in [-0.2, -0.15) is 0 Å². The summed E-state index contributed by atoms with van der Waals surface area (Å²) in [4.78, 5) is 40.4. The van der Waals surface area contributed by atoms with Crippen LogP contribution in [0.4, 0.5) is 0 Å². The maximum Gasteiger partial charge on any atom is 0.224 e. The quantitative estimate of drug-likeness (QED) is 0.771. The second kappa shape index (κ2) is 6.91. The maximum atomic E-state index is 12.2. The van der Waals surface area contributed by atoms with Gasteiger partial charge in [-0.25, -0.2) is 0 Å². The van der Waals surface area contributed by atoms with Gasteiger partial charge < -0.3 is 14.7 Å². The smallest absolute Gasteiger partial charge is 0.224 e. The van der Waals surface area contributed by atoms with E-state index in [0.29, 0.717) is 39.1 Å². The summed E-state index contributed by atoms with van der Waals surface area (Å²) < 4.78 is 0. The largest absolute Gasteiger partial charge is 0.339 e. The second-order valence-electron chi connectivity index (χ2n) is 6.48. The van der Waals surface area contributed by atoms with Crippen molar-refractivity contribution in [3.05, 3.63) is 0 Å². The van der Waals surface area contributed by atoms with Crippen LogP contribution in [0.2, 0.25) is 0 Å². The van der Waals surface area contributed by atoms with E-state index < -0.39 is 0 Å². The maximum absolute atomic E-state index is 12.2. The van der Waals surface area contributed by atoms with Crippen molar-refractivity contribution in [2.24, 2.45) is 0 Å². The Morgan fingerprint density at radius 2 is 1.43 bits per heavy atom. The summed E-state index contributed by atoms with van der Waals surface area (Å²) >= 11 is 0. The molecule has 0 bridgehead atoms. The molecule has 21 heavy (non-hydrogen) atoms. The van der Waals surface area contributed by atoms with Crippen LogP contribution in [-0.2, 0) is 14.4 Å². The fourth-order valence-corrected chi connectivity index (χ4v) is 2.60. The summed E-state index contributed by atoms with van der Waals surface area (Å²) in [7, 11) is 0. The Morgan fingerprint density at radius 3 is 1.81 bits per heavy atom. The molecule has 1 saturated heterocycles. The summed E-state index contributed by atoms with van der Waals surface area (Å²) in [6.45, 7) is 11.7. The highest BCUT2D eigenvalue weighted by Crippen LogP contribution is 2.14. The molecule has 0 saturated carbocycles. The normalized spacial score (nSPS) is 15.9. The molecule has 6 heteroatoms. The minimum atomic E-state index is -0.278. The van der Waals surface area contributed by atoms with Crippen molar-refractivity contribution >= 4 is 17.7 Å². The minimum Gasteiger partial charge on any atom is -0.339 e. The van der Waals surface area contributed by atoms with Crippen LogP contribution in [0.25, 0.3) is 0 Å². The third-order valence-electron chi connectivity index (χ3n) is 3.82. The predicted octanol–water partition coefficient (Wildman–Crippen LogP) is 0.714. The second-order valence-corrected chi connectivity index (χ2v) is 6.48. The van der Waals surface area contributed by atoms with Gasteiger partial charge in [0, 0.05) is 58.5 Å². The summed E-state index contributed by atoms with van der Waals surface area (Å²) in [6.07, 6.45) is 0.330. The third-order valence-corrected chi connectivity index (χ3v) is 3.82.